The lowest BCUT2D eigenvalue weighted by atomic mass is 10.1. The standard InChI is InChI=1S/C10H8Cl2O3/c1-14-10(13)7-4-5-2-3-6(11)8(12)9(5)15-7/h2-3,7H,4H2,1H3. The quantitative estimate of drug-likeness (QED) is 0.715. The van der Waals surface area contributed by atoms with E-state index in [-0.39, 0.29) is 0 Å². The van der Waals surface area contributed by atoms with Crippen molar-refractivity contribution in [1.29, 1.82) is 0 Å². The molecule has 0 aromatic heterocycles. The van der Waals surface area contributed by atoms with Gasteiger partial charge < -0.3 is 9.47 Å². The summed E-state index contributed by atoms with van der Waals surface area (Å²) < 4.78 is 9.98. The first-order chi connectivity index (χ1) is 7.13. The van der Waals surface area contributed by atoms with Crippen molar-refractivity contribution in [2.45, 2.75) is 12.5 Å². The van der Waals surface area contributed by atoms with Gasteiger partial charge in [-0.3, -0.25) is 0 Å². The van der Waals surface area contributed by atoms with Crippen molar-refractivity contribution in [3.63, 3.8) is 0 Å². The molecule has 1 aliphatic heterocycles. The van der Waals surface area contributed by atoms with Crippen LogP contribution in [0.4, 0.5) is 0 Å². The molecule has 5 heteroatoms. The van der Waals surface area contributed by atoms with Crippen LogP contribution in [0, 0.1) is 0 Å². The zero-order valence-electron chi connectivity index (χ0n) is 7.92. The molecule has 0 spiro atoms. The molecule has 0 amide bonds. The molecule has 15 heavy (non-hydrogen) atoms. The van der Waals surface area contributed by atoms with E-state index in [2.05, 4.69) is 4.74 Å². The number of esters is 1. The van der Waals surface area contributed by atoms with Crippen LogP contribution in [0.5, 0.6) is 5.75 Å². The van der Waals surface area contributed by atoms with Gasteiger partial charge in [0.2, 0.25) is 0 Å². The summed E-state index contributed by atoms with van der Waals surface area (Å²) in [5.41, 5.74) is 0.875. The van der Waals surface area contributed by atoms with E-state index in [9.17, 15) is 4.79 Å². The van der Waals surface area contributed by atoms with Gasteiger partial charge in [0.05, 0.1) is 12.1 Å². The van der Waals surface area contributed by atoms with E-state index in [1.165, 1.54) is 7.11 Å². The van der Waals surface area contributed by atoms with Crippen molar-refractivity contribution in [2.75, 3.05) is 7.11 Å². The monoisotopic (exact) mass is 246 g/mol. The lowest BCUT2D eigenvalue weighted by molar-refractivity contribution is -0.147. The fourth-order valence-corrected chi connectivity index (χ4v) is 1.88. The summed E-state index contributed by atoms with van der Waals surface area (Å²) in [7, 11) is 1.32. The van der Waals surface area contributed by atoms with Crippen LogP contribution in [-0.2, 0) is 16.0 Å². The molecule has 1 aromatic rings. The number of halogens is 2. The van der Waals surface area contributed by atoms with Crippen LogP contribution in [0.15, 0.2) is 12.1 Å². The summed E-state index contributed by atoms with van der Waals surface area (Å²) in [5.74, 6) is 0.0814. The van der Waals surface area contributed by atoms with Crippen LogP contribution in [0.3, 0.4) is 0 Å². The van der Waals surface area contributed by atoms with Gasteiger partial charge in [-0.2, -0.15) is 0 Å². The van der Waals surface area contributed by atoms with Crippen molar-refractivity contribution >= 4 is 29.2 Å². The van der Waals surface area contributed by atoms with E-state index >= 15 is 0 Å². The Morgan fingerprint density at radius 3 is 2.93 bits per heavy atom. The predicted octanol–water partition coefficient (Wildman–Crippen LogP) is 2.47. The number of fused-ring (bicyclic) bond motifs is 1. The Hall–Kier alpha value is -0.930. The summed E-state index contributed by atoms with van der Waals surface area (Å²) in [5, 5.41) is 0.765. The van der Waals surface area contributed by atoms with Gasteiger partial charge in [0.1, 0.15) is 10.8 Å². The largest absolute Gasteiger partial charge is 0.476 e. The summed E-state index contributed by atoms with van der Waals surface area (Å²) in [4.78, 5) is 11.3. The van der Waals surface area contributed by atoms with E-state index in [4.69, 9.17) is 27.9 Å². The molecule has 0 radical (unpaired) electrons. The maximum atomic E-state index is 11.3. The summed E-state index contributed by atoms with van der Waals surface area (Å²) in [6.07, 6.45) is -0.139. The fourth-order valence-electron chi connectivity index (χ4n) is 1.51. The molecule has 0 bridgehead atoms. The number of hydrogen-bond donors (Lipinski definition) is 0. The minimum absolute atomic E-state index is 0.348. The Balaban J connectivity index is 2.31. The molecular weight excluding hydrogens is 239 g/mol. The van der Waals surface area contributed by atoms with Gasteiger partial charge in [0, 0.05) is 12.0 Å². The van der Waals surface area contributed by atoms with Crippen LogP contribution < -0.4 is 4.74 Å². The van der Waals surface area contributed by atoms with Gasteiger partial charge in [-0.05, 0) is 6.07 Å². The number of carbonyl (C=O) groups is 1. The second-order valence-corrected chi connectivity index (χ2v) is 3.97. The molecule has 1 heterocycles. The minimum Gasteiger partial charge on any atom is -0.476 e. The van der Waals surface area contributed by atoms with E-state index in [1.807, 2.05) is 0 Å². The third-order valence-electron chi connectivity index (χ3n) is 2.26. The topological polar surface area (TPSA) is 35.5 Å². The highest BCUT2D eigenvalue weighted by Gasteiger charge is 2.31. The first-order valence-corrected chi connectivity index (χ1v) is 5.10. The van der Waals surface area contributed by atoms with Crippen LogP contribution in [0.25, 0.3) is 0 Å². The third-order valence-corrected chi connectivity index (χ3v) is 3.05. The Morgan fingerprint density at radius 1 is 1.53 bits per heavy atom. The first kappa shape index (κ1) is 10.6. The van der Waals surface area contributed by atoms with Gasteiger partial charge in [-0.15, -0.1) is 0 Å². The van der Waals surface area contributed by atoms with E-state index in [1.54, 1.807) is 12.1 Å². The van der Waals surface area contributed by atoms with E-state index in [0.717, 1.165) is 5.56 Å². The first-order valence-electron chi connectivity index (χ1n) is 4.35. The Bertz CT molecular complexity index is 417. The molecule has 1 aliphatic rings. The third kappa shape index (κ3) is 1.77. The molecule has 1 atom stereocenters. The van der Waals surface area contributed by atoms with Crippen LogP contribution in [0.1, 0.15) is 5.56 Å². The van der Waals surface area contributed by atoms with Crippen molar-refractivity contribution in [3.8, 4) is 5.75 Å². The van der Waals surface area contributed by atoms with Gasteiger partial charge >= 0.3 is 5.97 Å². The Kier molecular flexibility index (Phi) is 2.76. The number of ether oxygens (including phenoxy) is 2. The number of benzene rings is 1. The van der Waals surface area contributed by atoms with Gasteiger partial charge in [0.15, 0.2) is 6.10 Å². The Labute approximate surface area is 96.9 Å². The zero-order valence-corrected chi connectivity index (χ0v) is 9.43. The van der Waals surface area contributed by atoms with Crippen LogP contribution in [0.2, 0.25) is 10.0 Å². The summed E-state index contributed by atoms with van der Waals surface area (Å²) >= 11 is 11.8. The predicted molar refractivity (Wildman–Crippen MR) is 56.6 cm³/mol. The van der Waals surface area contributed by atoms with Gasteiger partial charge in [-0.1, -0.05) is 29.3 Å². The maximum absolute atomic E-state index is 11.3. The number of methoxy groups -OCH3 is 1. The average molecular weight is 247 g/mol. The van der Waals surface area contributed by atoms with Gasteiger partial charge in [0.25, 0.3) is 0 Å². The highest BCUT2D eigenvalue weighted by Crippen LogP contribution is 2.40. The number of carbonyl (C=O) groups excluding carboxylic acids is 1. The smallest absolute Gasteiger partial charge is 0.347 e. The molecule has 1 unspecified atom stereocenters. The Morgan fingerprint density at radius 2 is 2.27 bits per heavy atom. The lowest BCUT2D eigenvalue weighted by Gasteiger charge is -2.08. The SMILES string of the molecule is COC(=O)C1Cc2ccc(Cl)c(Cl)c2O1. The second kappa shape index (κ2) is 3.91. The van der Waals surface area contributed by atoms with Gasteiger partial charge in [-0.25, -0.2) is 4.79 Å². The molecule has 2 rings (SSSR count). The zero-order chi connectivity index (χ0) is 11.0. The molecule has 0 N–H and O–H groups in total. The highest BCUT2D eigenvalue weighted by atomic mass is 35.5. The molecule has 0 saturated heterocycles. The number of hydrogen-bond acceptors (Lipinski definition) is 3. The molecule has 3 nitrogen and oxygen atoms in total. The van der Waals surface area contributed by atoms with Crippen molar-refractivity contribution in [3.05, 3.63) is 27.7 Å². The lowest BCUT2D eigenvalue weighted by Crippen LogP contribution is -2.26. The molecular formula is C10H8Cl2O3. The molecule has 0 saturated carbocycles. The van der Waals surface area contributed by atoms with Crippen molar-refractivity contribution in [2.24, 2.45) is 0 Å². The summed E-state index contributed by atoms with van der Waals surface area (Å²) in [6, 6.07) is 3.48. The fraction of sp³-hybridized carbons (Fsp3) is 0.300. The molecule has 0 fully saturated rings. The van der Waals surface area contributed by atoms with Crippen LogP contribution in [-0.4, -0.2) is 19.2 Å². The van der Waals surface area contributed by atoms with E-state index < -0.39 is 12.1 Å². The normalized spacial score (nSPS) is 18.2. The molecule has 0 aliphatic carbocycles. The minimum atomic E-state index is -0.610. The highest BCUT2D eigenvalue weighted by molar-refractivity contribution is 6.43. The van der Waals surface area contributed by atoms with E-state index in [0.29, 0.717) is 22.2 Å². The van der Waals surface area contributed by atoms with Crippen molar-refractivity contribution in [1.82, 2.24) is 0 Å². The van der Waals surface area contributed by atoms with Crippen molar-refractivity contribution < 1.29 is 14.3 Å². The van der Waals surface area contributed by atoms with Crippen LogP contribution >= 0.6 is 23.2 Å². The number of rotatable bonds is 1. The maximum Gasteiger partial charge on any atom is 0.347 e. The summed E-state index contributed by atoms with van der Waals surface area (Å²) in [6.45, 7) is 0. The molecule has 1 aromatic carbocycles. The second-order valence-electron chi connectivity index (χ2n) is 3.18. The molecule has 80 valence electrons. The average Bonchev–Trinajstić information content (AvgIpc) is 2.67.